The van der Waals surface area contributed by atoms with Gasteiger partial charge in [0.2, 0.25) is 11.0 Å². The maximum absolute atomic E-state index is 11.8. The zero-order chi connectivity index (χ0) is 18.9. The minimum absolute atomic E-state index is 0.0160. The van der Waals surface area contributed by atoms with Crippen LogP contribution in [0.3, 0.4) is 0 Å². The van der Waals surface area contributed by atoms with E-state index in [0.717, 1.165) is 12.1 Å². The maximum Gasteiger partial charge on any atom is 0.321 e. The Kier molecular flexibility index (Phi) is 7.67. The Balaban J connectivity index is 1.83. The van der Waals surface area contributed by atoms with E-state index in [-0.39, 0.29) is 17.7 Å². The molecule has 0 radical (unpaired) electrons. The standard InChI is InChI=1S/C16H21N5O3S2/c1-4-10(2)17-14(23)19-13(22)9-25-16-21-20-15(26-16)18-11-7-5-6-8-12(11)24-3/h5-8,10H,4,9H2,1-3H3,(H,18,20)(H2,17,19,22,23). The first kappa shape index (κ1) is 20.0. The first-order chi connectivity index (χ1) is 12.5. The van der Waals surface area contributed by atoms with Crippen molar-refractivity contribution in [2.24, 2.45) is 0 Å². The number of carbonyl (C=O) groups is 2. The maximum atomic E-state index is 11.8. The number of methoxy groups -OCH3 is 1. The van der Waals surface area contributed by atoms with Crippen molar-refractivity contribution in [2.45, 2.75) is 30.6 Å². The number of ether oxygens (including phenoxy) is 1. The van der Waals surface area contributed by atoms with Crippen LogP contribution in [0.2, 0.25) is 0 Å². The molecule has 0 saturated heterocycles. The summed E-state index contributed by atoms with van der Waals surface area (Å²) < 4.78 is 5.90. The fourth-order valence-electron chi connectivity index (χ4n) is 1.83. The largest absolute Gasteiger partial charge is 0.495 e. The number of para-hydroxylation sites is 2. The normalized spacial score (nSPS) is 11.5. The third kappa shape index (κ3) is 6.19. The average Bonchev–Trinajstić information content (AvgIpc) is 3.07. The molecule has 1 aromatic heterocycles. The van der Waals surface area contributed by atoms with Crippen molar-refractivity contribution in [1.82, 2.24) is 20.8 Å². The van der Waals surface area contributed by atoms with Gasteiger partial charge in [-0.25, -0.2) is 4.79 Å². The Morgan fingerprint density at radius 2 is 2.08 bits per heavy atom. The molecule has 10 heteroatoms. The number of rotatable bonds is 8. The van der Waals surface area contributed by atoms with E-state index in [4.69, 9.17) is 4.74 Å². The summed E-state index contributed by atoms with van der Waals surface area (Å²) in [5, 5.41) is 16.8. The van der Waals surface area contributed by atoms with Crippen molar-refractivity contribution in [3.8, 4) is 5.75 Å². The quantitative estimate of drug-likeness (QED) is 0.590. The molecule has 1 unspecified atom stereocenters. The van der Waals surface area contributed by atoms with E-state index in [1.54, 1.807) is 7.11 Å². The zero-order valence-electron chi connectivity index (χ0n) is 14.7. The minimum Gasteiger partial charge on any atom is -0.495 e. The Bertz CT molecular complexity index is 753. The second-order valence-electron chi connectivity index (χ2n) is 5.32. The van der Waals surface area contributed by atoms with Gasteiger partial charge in [-0.1, -0.05) is 42.2 Å². The number of hydrogen-bond acceptors (Lipinski definition) is 8. The molecule has 8 nitrogen and oxygen atoms in total. The van der Waals surface area contributed by atoms with Gasteiger partial charge in [-0.3, -0.25) is 10.1 Å². The zero-order valence-corrected chi connectivity index (χ0v) is 16.4. The smallest absolute Gasteiger partial charge is 0.321 e. The lowest BCUT2D eigenvalue weighted by Crippen LogP contribution is -2.43. The molecule has 3 N–H and O–H groups in total. The molecule has 0 aliphatic heterocycles. The molecule has 2 rings (SSSR count). The van der Waals surface area contributed by atoms with Crippen LogP contribution in [-0.2, 0) is 4.79 Å². The van der Waals surface area contributed by atoms with E-state index in [1.807, 2.05) is 38.1 Å². The molecule has 26 heavy (non-hydrogen) atoms. The summed E-state index contributed by atoms with van der Waals surface area (Å²) in [4.78, 5) is 23.4. The lowest BCUT2D eigenvalue weighted by atomic mass is 10.3. The van der Waals surface area contributed by atoms with Crippen LogP contribution in [0, 0.1) is 0 Å². The molecule has 0 spiro atoms. The SMILES string of the molecule is CCC(C)NC(=O)NC(=O)CSc1nnc(Nc2ccccc2OC)s1. The van der Waals surface area contributed by atoms with Crippen molar-refractivity contribution >= 4 is 45.9 Å². The van der Waals surface area contributed by atoms with Gasteiger partial charge in [0.05, 0.1) is 18.6 Å². The number of thioether (sulfide) groups is 1. The molecular formula is C16H21N5O3S2. The highest BCUT2D eigenvalue weighted by atomic mass is 32.2. The van der Waals surface area contributed by atoms with Crippen LogP contribution in [0.15, 0.2) is 28.6 Å². The van der Waals surface area contributed by atoms with Gasteiger partial charge in [0.15, 0.2) is 4.34 Å². The number of imide groups is 1. The predicted molar refractivity (Wildman–Crippen MR) is 103 cm³/mol. The summed E-state index contributed by atoms with van der Waals surface area (Å²) in [7, 11) is 1.60. The van der Waals surface area contributed by atoms with E-state index in [2.05, 4.69) is 26.1 Å². The van der Waals surface area contributed by atoms with Crippen LogP contribution in [-0.4, -0.2) is 41.0 Å². The summed E-state index contributed by atoms with van der Waals surface area (Å²) in [6.45, 7) is 3.82. The fraction of sp³-hybridized carbons (Fsp3) is 0.375. The third-order valence-electron chi connectivity index (χ3n) is 3.32. The van der Waals surface area contributed by atoms with Crippen molar-refractivity contribution < 1.29 is 14.3 Å². The molecule has 3 amide bonds. The summed E-state index contributed by atoms with van der Waals surface area (Å²) in [5.74, 6) is 0.394. The van der Waals surface area contributed by atoms with E-state index in [9.17, 15) is 9.59 Å². The second kappa shape index (κ2) is 9.97. The molecule has 0 saturated carbocycles. The van der Waals surface area contributed by atoms with E-state index in [0.29, 0.717) is 15.2 Å². The number of aromatic nitrogens is 2. The Labute approximate surface area is 160 Å². The van der Waals surface area contributed by atoms with Gasteiger partial charge in [0.25, 0.3) is 0 Å². The molecular weight excluding hydrogens is 374 g/mol. The van der Waals surface area contributed by atoms with Crippen LogP contribution in [0.25, 0.3) is 0 Å². The molecule has 2 aromatic rings. The Morgan fingerprint density at radius 1 is 1.31 bits per heavy atom. The van der Waals surface area contributed by atoms with Gasteiger partial charge in [0.1, 0.15) is 5.75 Å². The Hall–Kier alpha value is -2.33. The van der Waals surface area contributed by atoms with Gasteiger partial charge in [-0.05, 0) is 25.5 Å². The molecule has 1 atom stereocenters. The molecule has 1 aromatic carbocycles. The summed E-state index contributed by atoms with van der Waals surface area (Å²) >= 11 is 2.53. The molecule has 140 valence electrons. The molecule has 0 aliphatic rings. The average molecular weight is 396 g/mol. The summed E-state index contributed by atoms with van der Waals surface area (Å²) in [6.07, 6.45) is 0.795. The van der Waals surface area contributed by atoms with Crippen molar-refractivity contribution in [3.05, 3.63) is 24.3 Å². The van der Waals surface area contributed by atoms with Crippen LogP contribution >= 0.6 is 23.1 Å². The lowest BCUT2D eigenvalue weighted by molar-refractivity contribution is -0.117. The highest BCUT2D eigenvalue weighted by molar-refractivity contribution is 8.01. The van der Waals surface area contributed by atoms with E-state index in [1.165, 1.54) is 23.1 Å². The number of urea groups is 1. The van der Waals surface area contributed by atoms with Crippen molar-refractivity contribution in [3.63, 3.8) is 0 Å². The number of hydrogen-bond donors (Lipinski definition) is 3. The van der Waals surface area contributed by atoms with Crippen molar-refractivity contribution in [2.75, 3.05) is 18.2 Å². The number of nitrogens with zero attached hydrogens (tertiary/aromatic N) is 2. The van der Waals surface area contributed by atoms with Crippen LogP contribution in [0.4, 0.5) is 15.6 Å². The van der Waals surface area contributed by atoms with Gasteiger partial charge >= 0.3 is 6.03 Å². The fourth-order valence-corrected chi connectivity index (χ4v) is 3.40. The highest BCUT2D eigenvalue weighted by Crippen LogP contribution is 2.31. The second-order valence-corrected chi connectivity index (χ2v) is 7.52. The third-order valence-corrected chi connectivity index (χ3v) is 5.30. The van der Waals surface area contributed by atoms with Gasteiger partial charge in [-0.15, -0.1) is 10.2 Å². The van der Waals surface area contributed by atoms with Gasteiger partial charge in [0, 0.05) is 6.04 Å². The van der Waals surface area contributed by atoms with Gasteiger partial charge < -0.3 is 15.4 Å². The predicted octanol–water partition coefficient (Wildman–Crippen LogP) is 3.01. The molecule has 1 heterocycles. The summed E-state index contributed by atoms with van der Waals surface area (Å²) in [5.41, 5.74) is 0.780. The number of amides is 3. The van der Waals surface area contributed by atoms with Crippen LogP contribution in [0.1, 0.15) is 20.3 Å². The first-order valence-electron chi connectivity index (χ1n) is 7.98. The van der Waals surface area contributed by atoms with Crippen molar-refractivity contribution in [1.29, 1.82) is 0 Å². The van der Waals surface area contributed by atoms with E-state index < -0.39 is 6.03 Å². The summed E-state index contributed by atoms with van der Waals surface area (Å²) in [6, 6.07) is 7.00. The van der Waals surface area contributed by atoms with Crippen LogP contribution in [0.5, 0.6) is 5.75 Å². The molecule has 0 bridgehead atoms. The number of carbonyl (C=O) groups excluding carboxylic acids is 2. The van der Waals surface area contributed by atoms with E-state index >= 15 is 0 Å². The topological polar surface area (TPSA) is 105 Å². The molecule has 0 aliphatic carbocycles. The van der Waals surface area contributed by atoms with Crippen LogP contribution < -0.4 is 20.7 Å². The molecule has 0 fully saturated rings. The minimum atomic E-state index is -0.485. The number of nitrogens with one attached hydrogen (secondary N) is 3. The number of anilines is 2. The first-order valence-corrected chi connectivity index (χ1v) is 9.78. The van der Waals surface area contributed by atoms with Gasteiger partial charge in [-0.2, -0.15) is 0 Å². The monoisotopic (exact) mass is 395 g/mol. The Morgan fingerprint density at radius 3 is 2.81 bits per heavy atom. The number of benzene rings is 1. The highest BCUT2D eigenvalue weighted by Gasteiger charge is 2.13. The lowest BCUT2D eigenvalue weighted by Gasteiger charge is -2.11.